The molecule has 0 radical (unpaired) electrons. The lowest BCUT2D eigenvalue weighted by Gasteiger charge is -2.23. The lowest BCUT2D eigenvalue weighted by molar-refractivity contribution is -0.385. The van der Waals surface area contributed by atoms with E-state index in [9.17, 15) is 18.5 Å². The summed E-state index contributed by atoms with van der Waals surface area (Å²) < 4.78 is 30.6. The van der Waals surface area contributed by atoms with Gasteiger partial charge in [-0.15, -0.1) is 0 Å². The molecule has 1 fully saturated rings. The monoisotopic (exact) mass is 315 g/mol. The van der Waals surface area contributed by atoms with E-state index in [4.69, 9.17) is 4.74 Å². The largest absolute Gasteiger partial charge is 0.486 e. The SMILES string of the molecule is CS(=O)(=O)Nc1ncc([N+](=O)[O-])cc1OC1CCCCC1. The fourth-order valence-electron chi connectivity index (χ4n) is 2.24. The van der Waals surface area contributed by atoms with Crippen molar-refractivity contribution in [3.8, 4) is 5.75 Å². The van der Waals surface area contributed by atoms with Crippen LogP contribution >= 0.6 is 0 Å². The number of nitrogens with zero attached hydrogens (tertiary/aromatic N) is 2. The van der Waals surface area contributed by atoms with Crippen molar-refractivity contribution in [2.75, 3.05) is 11.0 Å². The van der Waals surface area contributed by atoms with Crippen LogP contribution < -0.4 is 9.46 Å². The Morgan fingerprint density at radius 2 is 2.05 bits per heavy atom. The Labute approximate surface area is 122 Å². The highest BCUT2D eigenvalue weighted by Gasteiger charge is 2.21. The lowest BCUT2D eigenvalue weighted by Crippen LogP contribution is -2.21. The first-order chi connectivity index (χ1) is 9.85. The fourth-order valence-corrected chi connectivity index (χ4v) is 2.74. The van der Waals surface area contributed by atoms with Crippen molar-refractivity contribution < 1.29 is 18.1 Å². The molecule has 0 unspecified atom stereocenters. The topological polar surface area (TPSA) is 111 Å². The van der Waals surface area contributed by atoms with Crippen molar-refractivity contribution in [1.29, 1.82) is 0 Å². The standard InChI is InChI=1S/C12H17N3O5S/c1-21(18,19)14-12-11(7-9(8-13-12)15(16)17)20-10-5-3-2-4-6-10/h7-8,10H,2-6H2,1H3,(H,13,14). The zero-order valence-corrected chi connectivity index (χ0v) is 12.4. The van der Waals surface area contributed by atoms with Crippen LogP contribution in [0.1, 0.15) is 32.1 Å². The van der Waals surface area contributed by atoms with E-state index in [0.29, 0.717) is 0 Å². The third kappa shape index (κ3) is 4.55. The molecule has 1 aromatic heterocycles. The van der Waals surface area contributed by atoms with Crippen LogP contribution in [0.2, 0.25) is 0 Å². The Bertz CT molecular complexity index is 626. The number of aromatic nitrogens is 1. The van der Waals surface area contributed by atoms with E-state index in [-0.39, 0.29) is 23.4 Å². The predicted molar refractivity (Wildman–Crippen MR) is 76.9 cm³/mol. The van der Waals surface area contributed by atoms with Crippen LogP contribution in [0.15, 0.2) is 12.3 Å². The number of nitro groups is 1. The Hall–Kier alpha value is -1.90. The first kappa shape index (κ1) is 15.5. The molecule has 8 nitrogen and oxygen atoms in total. The molecule has 0 spiro atoms. The summed E-state index contributed by atoms with van der Waals surface area (Å²) >= 11 is 0. The molecule has 0 atom stereocenters. The first-order valence-electron chi connectivity index (χ1n) is 6.64. The molecule has 1 N–H and O–H groups in total. The van der Waals surface area contributed by atoms with Gasteiger partial charge in [-0.2, -0.15) is 0 Å². The Morgan fingerprint density at radius 3 is 2.62 bits per heavy atom. The maximum absolute atomic E-state index is 11.3. The molecule has 1 heterocycles. The lowest BCUT2D eigenvalue weighted by atomic mass is 9.98. The van der Waals surface area contributed by atoms with E-state index in [1.54, 1.807) is 0 Å². The Kier molecular flexibility index (Phi) is 4.61. The maximum Gasteiger partial charge on any atom is 0.291 e. The second kappa shape index (κ2) is 6.25. The van der Waals surface area contributed by atoms with Crippen LogP contribution in [-0.2, 0) is 10.0 Å². The van der Waals surface area contributed by atoms with Crippen LogP contribution in [0, 0.1) is 10.1 Å². The highest BCUT2D eigenvalue weighted by Crippen LogP contribution is 2.31. The van der Waals surface area contributed by atoms with Crippen molar-refractivity contribution in [3.05, 3.63) is 22.4 Å². The number of hydrogen-bond donors (Lipinski definition) is 1. The first-order valence-corrected chi connectivity index (χ1v) is 8.53. The van der Waals surface area contributed by atoms with Gasteiger partial charge in [0, 0.05) is 0 Å². The number of ether oxygens (including phenoxy) is 1. The van der Waals surface area contributed by atoms with Gasteiger partial charge in [-0.05, 0) is 25.7 Å². The summed E-state index contributed by atoms with van der Waals surface area (Å²) in [6.45, 7) is 0. The summed E-state index contributed by atoms with van der Waals surface area (Å²) in [7, 11) is -3.54. The van der Waals surface area contributed by atoms with Crippen LogP contribution in [0.3, 0.4) is 0 Å². The summed E-state index contributed by atoms with van der Waals surface area (Å²) in [5.74, 6) is 0.0789. The van der Waals surface area contributed by atoms with E-state index < -0.39 is 14.9 Å². The minimum atomic E-state index is -3.54. The molecule has 0 amide bonds. The second-order valence-corrected chi connectivity index (χ2v) is 6.80. The van der Waals surface area contributed by atoms with Crippen LogP contribution in [0.5, 0.6) is 5.75 Å². The van der Waals surface area contributed by atoms with Crippen molar-refractivity contribution in [1.82, 2.24) is 4.98 Å². The van der Waals surface area contributed by atoms with Crippen LogP contribution in [0.25, 0.3) is 0 Å². The Morgan fingerprint density at radius 1 is 1.38 bits per heavy atom. The number of sulfonamides is 1. The highest BCUT2D eigenvalue weighted by atomic mass is 32.2. The minimum absolute atomic E-state index is 0.0197. The third-order valence-electron chi connectivity index (χ3n) is 3.18. The molecular formula is C12H17N3O5S. The summed E-state index contributed by atoms with van der Waals surface area (Å²) in [5, 5.41) is 10.8. The van der Waals surface area contributed by atoms with E-state index >= 15 is 0 Å². The summed E-state index contributed by atoms with van der Waals surface area (Å²) in [6.07, 6.45) is 6.82. The number of pyridine rings is 1. The van der Waals surface area contributed by atoms with Crippen molar-refractivity contribution in [2.45, 2.75) is 38.2 Å². The van der Waals surface area contributed by atoms with Crippen LogP contribution in [0.4, 0.5) is 11.5 Å². The number of hydrogen-bond acceptors (Lipinski definition) is 6. The molecule has 1 aromatic rings. The van der Waals surface area contributed by atoms with Gasteiger partial charge < -0.3 is 4.74 Å². The van der Waals surface area contributed by atoms with Gasteiger partial charge in [0.1, 0.15) is 6.20 Å². The van der Waals surface area contributed by atoms with Gasteiger partial charge in [-0.1, -0.05) is 6.42 Å². The molecule has 1 aliphatic rings. The van der Waals surface area contributed by atoms with E-state index in [1.807, 2.05) is 0 Å². The van der Waals surface area contributed by atoms with Gasteiger partial charge in [0.25, 0.3) is 5.69 Å². The van der Waals surface area contributed by atoms with Crippen molar-refractivity contribution in [3.63, 3.8) is 0 Å². The van der Waals surface area contributed by atoms with Crippen molar-refractivity contribution >= 4 is 21.5 Å². The third-order valence-corrected chi connectivity index (χ3v) is 3.74. The van der Waals surface area contributed by atoms with Gasteiger partial charge >= 0.3 is 0 Å². The van der Waals surface area contributed by atoms with E-state index in [0.717, 1.165) is 44.6 Å². The number of nitrogens with one attached hydrogen (secondary N) is 1. The smallest absolute Gasteiger partial charge is 0.291 e. The molecule has 0 bridgehead atoms. The Balaban J connectivity index is 2.28. The molecule has 0 aromatic carbocycles. The summed E-state index contributed by atoms with van der Waals surface area (Å²) in [5.41, 5.74) is -0.236. The van der Waals surface area contributed by atoms with Gasteiger partial charge in [0.15, 0.2) is 11.6 Å². The second-order valence-electron chi connectivity index (χ2n) is 5.05. The normalized spacial score (nSPS) is 16.4. The molecule has 1 saturated carbocycles. The zero-order valence-electron chi connectivity index (χ0n) is 11.6. The number of anilines is 1. The minimum Gasteiger partial charge on any atom is -0.486 e. The van der Waals surface area contributed by atoms with Gasteiger partial charge in [0.2, 0.25) is 10.0 Å². The molecule has 9 heteroatoms. The summed E-state index contributed by atoms with van der Waals surface area (Å²) in [6, 6.07) is 1.20. The quantitative estimate of drug-likeness (QED) is 0.657. The van der Waals surface area contributed by atoms with Crippen LogP contribution in [-0.4, -0.2) is 30.7 Å². The molecule has 116 valence electrons. The molecular weight excluding hydrogens is 298 g/mol. The zero-order chi connectivity index (χ0) is 15.5. The highest BCUT2D eigenvalue weighted by molar-refractivity contribution is 7.92. The molecule has 0 saturated heterocycles. The molecule has 2 rings (SSSR count). The molecule has 1 aliphatic carbocycles. The van der Waals surface area contributed by atoms with Gasteiger partial charge in [-0.3, -0.25) is 14.8 Å². The number of rotatable bonds is 5. The average Bonchev–Trinajstić information content (AvgIpc) is 2.40. The van der Waals surface area contributed by atoms with Gasteiger partial charge in [-0.25, -0.2) is 13.4 Å². The van der Waals surface area contributed by atoms with Gasteiger partial charge in [0.05, 0.1) is 23.3 Å². The van der Waals surface area contributed by atoms with E-state index in [2.05, 4.69) is 9.71 Å². The fraction of sp³-hybridized carbons (Fsp3) is 0.583. The average molecular weight is 315 g/mol. The molecule has 0 aliphatic heterocycles. The van der Waals surface area contributed by atoms with Crippen molar-refractivity contribution in [2.24, 2.45) is 0 Å². The predicted octanol–water partition coefficient (Wildman–Crippen LogP) is 2.07. The maximum atomic E-state index is 11.3. The summed E-state index contributed by atoms with van der Waals surface area (Å²) in [4.78, 5) is 14.0. The van der Waals surface area contributed by atoms with E-state index in [1.165, 1.54) is 6.07 Å². The molecule has 21 heavy (non-hydrogen) atoms.